The second-order valence-corrected chi connectivity index (χ2v) is 5.69. The van der Waals surface area contributed by atoms with Crippen molar-refractivity contribution in [1.29, 1.82) is 0 Å². The Hall–Kier alpha value is -2.66. The van der Waals surface area contributed by atoms with Crippen LogP contribution >= 0.6 is 0 Å². The highest BCUT2D eigenvalue weighted by atomic mass is 16.3. The average molecular weight is 309 g/mol. The van der Waals surface area contributed by atoms with Gasteiger partial charge in [-0.2, -0.15) is 5.10 Å². The van der Waals surface area contributed by atoms with Crippen LogP contribution in [-0.2, 0) is 6.42 Å². The van der Waals surface area contributed by atoms with Crippen LogP contribution in [0.1, 0.15) is 22.8 Å². The molecule has 0 bridgehead atoms. The number of aromatic nitrogens is 2. The number of carbonyl (C=O) groups excluding carboxylic acids is 1. The number of hydrogen-bond donors (Lipinski definition) is 3. The van der Waals surface area contributed by atoms with E-state index in [1.54, 1.807) is 18.3 Å². The van der Waals surface area contributed by atoms with Crippen LogP contribution < -0.4 is 5.32 Å². The zero-order valence-electron chi connectivity index (χ0n) is 12.9. The van der Waals surface area contributed by atoms with Crippen molar-refractivity contribution in [3.8, 4) is 0 Å². The predicted octanol–water partition coefficient (Wildman–Crippen LogP) is 2.28. The second-order valence-electron chi connectivity index (χ2n) is 5.69. The summed E-state index contributed by atoms with van der Waals surface area (Å²) in [6.07, 6.45) is 1.54. The van der Waals surface area contributed by atoms with Crippen molar-refractivity contribution >= 4 is 16.8 Å². The third kappa shape index (κ3) is 3.57. The SMILES string of the molecule is CC(NC(=O)c1ccc2[nH]ncc2c1)C(O)Cc1ccccc1. The molecule has 0 saturated carbocycles. The zero-order chi connectivity index (χ0) is 16.2. The Morgan fingerprint density at radius 3 is 2.83 bits per heavy atom. The summed E-state index contributed by atoms with van der Waals surface area (Å²) in [4.78, 5) is 12.3. The van der Waals surface area contributed by atoms with Crippen molar-refractivity contribution in [2.75, 3.05) is 0 Å². The smallest absolute Gasteiger partial charge is 0.251 e. The molecule has 2 atom stereocenters. The molecule has 3 aromatic rings. The molecule has 0 saturated heterocycles. The Labute approximate surface area is 134 Å². The number of carbonyl (C=O) groups is 1. The molecule has 2 aromatic carbocycles. The molecule has 3 rings (SSSR count). The highest BCUT2D eigenvalue weighted by Gasteiger charge is 2.18. The van der Waals surface area contributed by atoms with Crippen molar-refractivity contribution in [2.45, 2.75) is 25.5 Å². The molecule has 0 aliphatic carbocycles. The van der Waals surface area contributed by atoms with Gasteiger partial charge in [0.25, 0.3) is 5.91 Å². The minimum Gasteiger partial charge on any atom is -0.391 e. The zero-order valence-corrected chi connectivity index (χ0v) is 12.9. The quantitative estimate of drug-likeness (QED) is 0.676. The molecule has 0 spiro atoms. The van der Waals surface area contributed by atoms with Crippen LogP contribution in [0.5, 0.6) is 0 Å². The second kappa shape index (κ2) is 6.62. The number of nitrogens with zero attached hydrogens (tertiary/aromatic N) is 1. The minimum absolute atomic E-state index is 0.201. The fourth-order valence-corrected chi connectivity index (χ4v) is 2.50. The molecular formula is C18H19N3O2. The van der Waals surface area contributed by atoms with Gasteiger partial charge in [-0.3, -0.25) is 9.89 Å². The molecule has 1 heterocycles. The first-order valence-corrected chi connectivity index (χ1v) is 7.59. The van der Waals surface area contributed by atoms with Crippen LogP contribution in [0.25, 0.3) is 10.9 Å². The Morgan fingerprint density at radius 2 is 2.04 bits per heavy atom. The molecule has 5 heteroatoms. The van der Waals surface area contributed by atoms with E-state index in [9.17, 15) is 9.90 Å². The van der Waals surface area contributed by atoms with Gasteiger partial charge in [0.1, 0.15) is 0 Å². The lowest BCUT2D eigenvalue weighted by Gasteiger charge is -2.20. The molecule has 0 aliphatic rings. The van der Waals surface area contributed by atoms with Gasteiger partial charge in [0.15, 0.2) is 0 Å². The maximum absolute atomic E-state index is 12.3. The first-order valence-electron chi connectivity index (χ1n) is 7.59. The molecule has 0 radical (unpaired) electrons. The van der Waals surface area contributed by atoms with Crippen LogP contribution in [0.4, 0.5) is 0 Å². The van der Waals surface area contributed by atoms with Gasteiger partial charge >= 0.3 is 0 Å². The summed E-state index contributed by atoms with van der Waals surface area (Å²) < 4.78 is 0. The van der Waals surface area contributed by atoms with Crippen LogP contribution in [0, 0.1) is 0 Å². The Morgan fingerprint density at radius 1 is 1.26 bits per heavy atom. The predicted molar refractivity (Wildman–Crippen MR) is 89.2 cm³/mol. The fraction of sp³-hybridized carbons (Fsp3) is 0.222. The summed E-state index contributed by atoms with van der Waals surface area (Å²) in [5.41, 5.74) is 2.48. The molecule has 23 heavy (non-hydrogen) atoms. The summed E-state index contributed by atoms with van der Waals surface area (Å²) >= 11 is 0. The summed E-state index contributed by atoms with van der Waals surface area (Å²) in [5.74, 6) is -0.201. The van der Waals surface area contributed by atoms with E-state index >= 15 is 0 Å². The van der Waals surface area contributed by atoms with Crippen LogP contribution in [0.2, 0.25) is 0 Å². The molecule has 1 amide bonds. The summed E-state index contributed by atoms with van der Waals surface area (Å²) in [6.45, 7) is 1.81. The number of fused-ring (bicyclic) bond motifs is 1. The van der Waals surface area contributed by atoms with Crippen LogP contribution in [0.15, 0.2) is 54.7 Å². The molecular weight excluding hydrogens is 290 g/mol. The Kier molecular flexibility index (Phi) is 4.39. The molecule has 0 fully saturated rings. The number of aliphatic hydroxyl groups excluding tert-OH is 1. The van der Waals surface area contributed by atoms with Gasteiger partial charge in [-0.05, 0) is 30.7 Å². The van der Waals surface area contributed by atoms with Gasteiger partial charge in [0, 0.05) is 17.4 Å². The van der Waals surface area contributed by atoms with Gasteiger partial charge in [-0.1, -0.05) is 30.3 Å². The number of aromatic amines is 1. The maximum atomic E-state index is 12.3. The van der Waals surface area contributed by atoms with Gasteiger partial charge < -0.3 is 10.4 Å². The van der Waals surface area contributed by atoms with Crippen molar-refractivity contribution in [1.82, 2.24) is 15.5 Å². The standard InChI is InChI=1S/C18H19N3O2/c1-12(17(22)9-13-5-3-2-4-6-13)20-18(23)14-7-8-16-15(10-14)11-19-21-16/h2-8,10-12,17,22H,9H2,1H3,(H,19,21)(H,20,23). The Bertz CT molecular complexity index is 798. The highest BCUT2D eigenvalue weighted by molar-refractivity contribution is 5.98. The van der Waals surface area contributed by atoms with Crippen molar-refractivity contribution in [3.05, 3.63) is 65.9 Å². The van der Waals surface area contributed by atoms with E-state index in [2.05, 4.69) is 15.5 Å². The molecule has 118 valence electrons. The Balaban J connectivity index is 1.64. The van der Waals surface area contributed by atoms with Gasteiger partial charge in [0.05, 0.1) is 23.9 Å². The molecule has 0 aliphatic heterocycles. The third-order valence-electron chi connectivity index (χ3n) is 3.93. The summed E-state index contributed by atoms with van der Waals surface area (Å²) in [6, 6.07) is 14.7. The largest absolute Gasteiger partial charge is 0.391 e. The van der Waals surface area contributed by atoms with E-state index in [0.29, 0.717) is 12.0 Å². The normalized spacial score (nSPS) is 13.7. The van der Waals surface area contributed by atoms with Crippen molar-refractivity contribution in [2.24, 2.45) is 0 Å². The van der Waals surface area contributed by atoms with Gasteiger partial charge in [-0.15, -0.1) is 0 Å². The lowest BCUT2D eigenvalue weighted by Crippen LogP contribution is -2.42. The number of amides is 1. The number of benzene rings is 2. The minimum atomic E-state index is -0.640. The third-order valence-corrected chi connectivity index (χ3v) is 3.93. The number of nitrogens with one attached hydrogen (secondary N) is 2. The van der Waals surface area contributed by atoms with E-state index in [4.69, 9.17) is 0 Å². The lowest BCUT2D eigenvalue weighted by molar-refractivity contribution is 0.0852. The molecule has 1 aromatic heterocycles. The van der Waals surface area contributed by atoms with Crippen molar-refractivity contribution in [3.63, 3.8) is 0 Å². The van der Waals surface area contributed by atoms with E-state index in [0.717, 1.165) is 16.5 Å². The van der Waals surface area contributed by atoms with Gasteiger partial charge in [0.2, 0.25) is 0 Å². The lowest BCUT2D eigenvalue weighted by atomic mass is 10.0. The number of hydrogen-bond acceptors (Lipinski definition) is 3. The molecule has 5 nitrogen and oxygen atoms in total. The molecule has 3 N–H and O–H groups in total. The van der Waals surface area contributed by atoms with Crippen molar-refractivity contribution < 1.29 is 9.90 Å². The fourth-order valence-electron chi connectivity index (χ4n) is 2.50. The first-order chi connectivity index (χ1) is 11.1. The van der Waals surface area contributed by atoms with Crippen LogP contribution in [0.3, 0.4) is 0 Å². The van der Waals surface area contributed by atoms with Crippen LogP contribution in [-0.4, -0.2) is 33.4 Å². The summed E-state index contributed by atoms with van der Waals surface area (Å²) in [5, 5.41) is 20.8. The van der Waals surface area contributed by atoms with Gasteiger partial charge in [-0.25, -0.2) is 0 Å². The number of aliphatic hydroxyl groups is 1. The number of H-pyrrole nitrogens is 1. The summed E-state index contributed by atoms with van der Waals surface area (Å²) in [7, 11) is 0. The van der Waals surface area contributed by atoms with E-state index in [-0.39, 0.29) is 11.9 Å². The first kappa shape index (κ1) is 15.2. The monoisotopic (exact) mass is 309 g/mol. The highest BCUT2D eigenvalue weighted by Crippen LogP contribution is 2.13. The topological polar surface area (TPSA) is 78.0 Å². The van der Waals surface area contributed by atoms with E-state index in [1.165, 1.54) is 0 Å². The average Bonchev–Trinajstić information content (AvgIpc) is 3.03. The van der Waals surface area contributed by atoms with E-state index in [1.807, 2.05) is 43.3 Å². The van der Waals surface area contributed by atoms with E-state index < -0.39 is 6.10 Å². The number of rotatable bonds is 5. The molecule has 2 unspecified atom stereocenters. The maximum Gasteiger partial charge on any atom is 0.251 e.